The van der Waals surface area contributed by atoms with Gasteiger partial charge in [0.25, 0.3) is 0 Å². The summed E-state index contributed by atoms with van der Waals surface area (Å²) in [4.78, 5) is 15.7. The normalized spacial score (nSPS) is 10.1. The highest BCUT2D eigenvalue weighted by atomic mass is 16.1. The molecule has 1 aromatic rings. The van der Waals surface area contributed by atoms with Crippen molar-refractivity contribution in [1.29, 1.82) is 0 Å². The van der Waals surface area contributed by atoms with Crippen molar-refractivity contribution in [3.8, 4) is 0 Å². The highest BCUT2D eigenvalue weighted by Crippen LogP contribution is 2.16. The summed E-state index contributed by atoms with van der Waals surface area (Å²) in [6.07, 6.45) is 4.12. The first-order chi connectivity index (χ1) is 6.66. The summed E-state index contributed by atoms with van der Waals surface area (Å²) in [6, 6.07) is 1.82. The van der Waals surface area contributed by atoms with E-state index in [9.17, 15) is 4.79 Å². The van der Waals surface area contributed by atoms with Gasteiger partial charge >= 0.3 is 0 Å². The maximum absolute atomic E-state index is 11.7. The monoisotopic (exact) mass is 192 g/mol. The van der Waals surface area contributed by atoms with Crippen LogP contribution in [-0.2, 0) is 0 Å². The molecule has 0 saturated heterocycles. The Bertz CT molecular complexity index is 314. The van der Waals surface area contributed by atoms with Gasteiger partial charge in [-0.25, -0.2) is 4.98 Å². The molecular formula is C11H16N2O. The first kappa shape index (κ1) is 10.7. The van der Waals surface area contributed by atoms with Gasteiger partial charge < -0.3 is 5.73 Å². The quantitative estimate of drug-likeness (QED) is 0.745. The molecule has 76 valence electrons. The number of hydrogen-bond donors (Lipinski definition) is 1. The lowest BCUT2D eigenvalue weighted by molar-refractivity contribution is 0.0980. The number of unbranched alkanes of at least 4 members (excludes halogenated alkanes) is 1. The molecule has 0 aromatic carbocycles. The molecule has 1 heterocycles. The van der Waals surface area contributed by atoms with E-state index in [2.05, 4.69) is 11.9 Å². The topological polar surface area (TPSA) is 56.0 Å². The molecule has 0 fully saturated rings. The van der Waals surface area contributed by atoms with Crippen LogP contribution in [0.5, 0.6) is 0 Å². The number of hydrogen-bond acceptors (Lipinski definition) is 3. The Balaban J connectivity index is 2.89. The molecule has 3 nitrogen and oxygen atoms in total. The molecule has 0 aliphatic carbocycles. The number of ketones is 1. The minimum Gasteiger partial charge on any atom is -0.383 e. The van der Waals surface area contributed by atoms with Gasteiger partial charge in [-0.1, -0.05) is 13.3 Å². The molecule has 0 bridgehead atoms. The van der Waals surface area contributed by atoms with Crippen molar-refractivity contribution in [1.82, 2.24) is 4.98 Å². The molecule has 0 spiro atoms. The van der Waals surface area contributed by atoms with E-state index >= 15 is 0 Å². The maximum atomic E-state index is 11.7. The van der Waals surface area contributed by atoms with Crippen LogP contribution in [0.3, 0.4) is 0 Å². The summed E-state index contributed by atoms with van der Waals surface area (Å²) in [5.41, 5.74) is 7.18. The second-order valence-corrected chi connectivity index (χ2v) is 3.41. The van der Waals surface area contributed by atoms with E-state index in [4.69, 9.17) is 5.73 Å². The van der Waals surface area contributed by atoms with E-state index in [-0.39, 0.29) is 5.78 Å². The second-order valence-electron chi connectivity index (χ2n) is 3.41. The Morgan fingerprint density at radius 2 is 2.29 bits per heavy atom. The van der Waals surface area contributed by atoms with Crippen LogP contribution in [0.2, 0.25) is 0 Å². The Kier molecular flexibility index (Phi) is 3.63. The molecule has 0 atom stereocenters. The van der Waals surface area contributed by atoms with E-state index in [1.807, 2.05) is 13.0 Å². The summed E-state index contributed by atoms with van der Waals surface area (Å²) in [6.45, 7) is 3.95. The maximum Gasteiger partial charge on any atom is 0.166 e. The number of rotatable bonds is 4. The van der Waals surface area contributed by atoms with Crippen LogP contribution in [0.1, 0.15) is 42.1 Å². The smallest absolute Gasteiger partial charge is 0.166 e. The zero-order chi connectivity index (χ0) is 10.6. The first-order valence-corrected chi connectivity index (χ1v) is 4.91. The minimum absolute atomic E-state index is 0.106. The molecule has 0 amide bonds. The molecule has 0 radical (unpaired) electrons. The number of nitrogen functional groups attached to an aromatic ring is 1. The van der Waals surface area contributed by atoms with Gasteiger partial charge in [-0.15, -0.1) is 0 Å². The molecule has 1 rings (SSSR count). The lowest BCUT2D eigenvalue weighted by atomic mass is 10.0. The van der Waals surface area contributed by atoms with E-state index < -0.39 is 0 Å². The van der Waals surface area contributed by atoms with Gasteiger partial charge in [0, 0.05) is 12.6 Å². The highest BCUT2D eigenvalue weighted by Gasteiger charge is 2.12. The number of carbonyl (C=O) groups excluding carboxylic acids is 1. The zero-order valence-corrected chi connectivity index (χ0v) is 8.71. The van der Waals surface area contributed by atoms with Gasteiger partial charge in [-0.3, -0.25) is 4.79 Å². The van der Waals surface area contributed by atoms with Gasteiger partial charge in [0.2, 0.25) is 0 Å². The summed E-state index contributed by atoms with van der Waals surface area (Å²) in [5.74, 6) is 0.459. The van der Waals surface area contributed by atoms with Crippen LogP contribution < -0.4 is 5.73 Å². The number of Topliss-reactive ketones (excluding diaryl/α,β-unsaturated/α-hetero) is 1. The zero-order valence-electron chi connectivity index (χ0n) is 8.71. The van der Waals surface area contributed by atoms with Crippen LogP contribution in [0.4, 0.5) is 5.82 Å². The van der Waals surface area contributed by atoms with Gasteiger partial charge in [0.1, 0.15) is 5.82 Å². The molecule has 0 aliphatic rings. The molecular weight excluding hydrogens is 176 g/mol. The lowest BCUT2D eigenvalue weighted by Gasteiger charge is -2.06. The molecule has 0 unspecified atom stereocenters. The van der Waals surface area contributed by atoms with Crippen LogP contribution in [-0.4, -0.2) is 10.8 Å². The van der Waals surface area contributed by atoms with Gasteiger partial charge in [0.15, 0.2) is 5.78 Å². The number of carbonyl (C=O) groups is 1. The van der Waals surface area contributed by atoms with E-state index in [0.717, 1.165) is 18.4 Å². The predicted molar refractivity (Wildman–Crippen MR) is 57.2 cm³/mol. The van der Waals surface area contributed by atoms with Crippen molar-refractivity contribution in [3.05, 3.63) is 23.4 Å². The Labute approximate surface area is 84.3 Å². The van der Waals surface area contributed by atoms with Crippen molar-refractivity contribution >= 4 is 11.6 Å². The van der Waals surface area contributed by atoms with Crippen LogP contribution in [0.25, 0.3) is 0 Å². The molecule has 0 aliphatic heterocycles. The minimum atomic E-state index is 0.106. The van der Waals surface area contributed by atoms with Gasteiger partial charge in [-0.2, -0.15) is 0 Å². The number of nitrogens with zero attached hydrogens (tertiary/aromatic N) is 1. The Morgan fingerprint density at radius 1 is 1.57 bits per heavy atom. The van der Waals surface area contributed by atoms with Crippen molar-refractivity contribution < 1.29 is 4.79 Å². The summed E-state index contributed by atoms with van der Waals surface area (Å²) in [7, 11) is 0. The SMILES string of the molecule is CCCCC(=O)c1c(C)ccnc1N. The third kappa shape index (κ3) is 2.31. The molecule has 2 N–H and O–H groups in total. The fourth-order valence-electron chi connectivity index (χ4n) is 1.40. The van der Waals surface area contributed by atoms with Crippen molar-refractivity contribution in [3.63, 3.8) is 0 Å². The average Bonchev–Trinajstić information content (AvgIpc) is 2.14. The number of anilines is 1. The third-order valence-electron chi connectivity index (χ3n) is 2.22. The summed E-state index contributed by atoms with van der Waals surface area (Å²) in [5, 5.41) is 0. The molecule has 3 heteroatoms. The highest BCUT2D eigenvalue weighted by molar-refractivity contribution is 6.01. The summed E-state index contributed by atoms with van der Waals surface area (Å²) >= 11 is 0. The Hall–Kier alpha value is -1.38. The number of pyridine rings is 1. The first-order valence-electron chi connectivity index (χ1n) is 4.91. The average molecular weight is 192 g/mol. The third-order valence-corrected chi connectivity index (χ3v) is 2.22. The van der Waals surface area contributed by atoms with Crippen LogP contribution in [0, 0.1) is 6.92 Å². The number of nitrogens with two attached hydrogens (primary N) is 1. The summed E-state index contributed by atoms with van der Waals surface area (Å²) < 4.78 is 0. The fourth-order valence-corrected chi connectivity index (χ4v) is 1.40. The lowest BCUT2D eigenvalue weighted by Crippen LogP contribution is -2.07. The van der Waals surface area contributed by atoms with Crippen molar-refractivity contribution in [2.24, 2.45) is 0 Å². The van der Waals surface area contributed by atoms with Crippen molar-refractivity contribution in [2.75, 3.05) is 5.73 Å². The molecule has 1 aromatic heterocycles. The predicted octanol–water partition coefficient (Wildman–Crippen LogP) is 2.35. The second kappa shape index (κ2) is 4.74. The molecule has 0 saturated carbocycles. The molecule has 14 heavy (non-hydrogen) atoms. The van der Waals surface area contributed by atoms with Crippen LogP contribution in [0.15, 0.2) is 12.3 Å². The van der Waals surface area contributed by atoms with Crippen LogP contribution >= 0.6 is 0 Å². The standard InChI is InChI=1S/C11H16N2O/c1-3-4-5-9(14)10-8(2)6-7-13-11(10)12/h6-7H,3-5H2,1-2H3,(H2,12,13). The van der Waals surface area contributed by atoms with E-state index in [0.29, 0.717) is 17.8 Å². The van der Waals surface area contributed by atoms with Gasteiger partial charge in [0.05, 0.1) is 5.56 Å². The largest absolute Gasteiger partial charge is 0.383 e. The van der Waals surface area contributed by atoms with E-state index in [1.165, 1.54) is 0 Å². The van der Waals surface area contributed by atoms with Crippen molar-refractivity contribution in [2.45, 2.75) is 33.1 Å². The Morgan fingerprint density at radius 3 is 2.86 bits per heavy atom. The number of aromatic nitrogens is 1. The van der Waals surface area contributed by atoms with Gasteiger partial charge in [-0.05, 0) is 25.0 Å². The van der Waals surface area contributed by atoms with E-state index in [1.54, 1.807) is 6.20 Å². The fraction of sp³-hybridized carbons (Fsp3) is 0.455. The number of aryl methyl sites for hydroxylation is 1.